The molecule has 78 valence electrons. The molecule has 1 fully saturated rings. The minimum absolute atomic E-state index is 0.322. The number of alkyl halides is 2. The molecule has 1 aliphatic heterocycles. The molecule has 5 heteroatoms. The fourth-order valence-electron chi connectivity index (χ4n) is 1.29. The van der Waals surface area contributed by atoms with Gasteiger partial charge in [-0.3, -0.25) is 0 Å². The van der Waals surface area contributed by atoms with Crippen LogP contribution in [0.5, 0.6) is 0 Å². The van der Waals surface area contributed by atoms with Crippen LogP contribution in [0.15, 0.2) is 0 Å². The molecule has 1 heterocycles. The van der Waals surface area contributed by atoms with E-state index in [0.29, 0.717) is 10.9 Å². The van der Waals surface area contributed by atoms with E-state index in [1.165, 1.54) is 5.06 Å². The quantitative estimate of drug-likeness (QED) is 0.805. The Balaban J connectivity index is 2.08. The summed E-state index contributed by atoms with van der Waals surface area (Å²) in [6, 6.07) is 0. The molecule has 0 saturated carbocycles. The molecule has 3 nitrogen and oxygen atoms in total. The van der Waals surface area contributed by atoms with Gasteiger partial charge in [-0.2, -0.15) is 5.06 Å². The van der Waals surface area contributed by atoms with Gasteiger partial charge in [0.05, 0.1) is 12.7 Å². The third-order valence-corrected chi connectivity index (χ3v) is 4.34. The van der Waals surface area contributed by atoms with Gasteiger partial charge in [-0.15, -0.1) is 0 Å². The van der Waals surface area contributed by atoms with Crippen LogP contribution in [0.25, 0.3) is 0 Å². The lowest BCUT2D eigenvalue weighted by Crippen LogP contribution is -2.35. The smallest absolute Gasteiger partial charge is 0.0603 e. The highest BCUT2D eigenvalue weighted by Gasteiger charge is 2.18. The van der Waals surface area contributed by atoms with Crippen LogP contribution >= 0.6 is 31.9 Å². The summed E-state index contributed by atoms with van der Waals surface area (Å²) >= 11 is 6.86. The SMILES string of the molecule is ON1CCC(OCC(Br)CBr)CC1. The normalized spacial score (nSPS) is 23.3. The lowest BCUT2D eigenvalue weighted by molar-refractivity contribution is -0.130. The second-order valence-corrected chi connectivity index (χ2v) is 5.18. The molecule has 0 spiro atoms. The van der Waals surface area contributed by atoms with E-state index < -0.39 is 0 Å². The minimum Gasteiger partial charge on any atom is -0.377 e. The van der Waals surface area contributed by atoms with Gasteiger partial charge in [-0.25, -0.2) is 0 Å². The van der Waals surface area contributed by atoms with Gasteiger partial charge in [0, 0.05) is 23.2 Å². The molecular formula is C8H15Br2NO2. The topological polar surface area (TPSA) is 32.7 Å². The Morgan fingerprint density at radius 3 is 2.62 bits per heavy atom. The van der Waals surface area contributed by atoms with Crippen LogP contribution in [0.3, 0.4) is 0 Å². The molecule has 1 saturated heterocycles. The zero-order valence-electron chi connectivity index (χ0n) is 7.46. The van der Waals surface area contributed by atoms with Crippen molar-refractivity contribution in [2.24, 2.45) is 0 Å². The maximum absolute atomic E-state index is 9.11. The van der Waals surface area contributed by atoms with Crippen molar-refractivity contribution in [1.29, 1.82) is 0 Å². The predicted octanol–water partition coefficient (Wildman–Crippen LogP) is 2.01. The summed E-state index contributed by atoms with van der Waals surface area (Å²) in [6.45, 7) is 2.19. The Morgan fingerprint density at radius 1 is 1.46 bits per heavy atom. The van der Waals surface area contributed by atoms with Gasteiger partial charge in [-0.1, -0.05) is 31.9 Å². The predicted molar refractivity (Wildman–Crippen MR) is 58.8 cm³/mol. The largest absolute Gasteiger partial charge is 0.377 e. The van der Waals surface area contributed by atoms with Gasteiger partial charge >= 0.3 is 0 Å². The van der Waals surface area contributed by atoms with Gasteiger partial charge in [0.15, 0.2) is 0 Å². The Kier molecular flexibility index (Phi) is 5.82. The van der Waals surface area contributed by atoms with Crippen molar-refractivity contribution in [2.45, 2.75) is 23.8 Å². The molecule has 0 radical (unpaired) electrons. The van der Waals surface area contributed by atoms with E-state index in [-0.39, 0.29) is 0 Å². The van der Waals surface area contributed by atoms with Crippen LogP contribution in [0.1, 0.15) is 12.8 Å². The van der Waals surface area contributed by atoms with Crippen molar-refractivity contribution in [2.75, 3.05) is 25.0 Å². The summed E-state index contributed by atoms with van der Waals surface area (Å²) in [4.78, 5) is 0.389. The molecule has 0 amide bonds. The number of hydrogen-bond acceptors (Lipinski definition) is 3. The van der Waals surface area contributed by atoms with Crippen molar-refractivity contribution in [1.82, 2.24) is 5.06 Å². The van der Waals surface area contributed by atoms with Crippen LogP contribution in [-0.2, 0) is 4.74 Å². The number of halogens is 2. The molecule has 1 rings (SSSR count). The summed E-state index contributed by atoms with van der Waals surface area (Å²) in [6.07, 6.45) is 2.18. The first-order valence-electron chi connectivity index (χ1n) is 4.48. The number of piperidine rings is 1. The fraction of sp³-hybridized carbons (Fsp3) is 1.00. The van der Waals surface area contributed by atoms with E-state index in [0.717, 1.165) is 37.9 Å². The lowest BCUT2D eigenvalue weighted by Gasteiger charge is -2.27. The maximum Gasteiger partial charge on any atom is 0.0603 e. The van der Waals surface area contributed by atoms with Crippen molar-refractivity contribution in [3.63, 3.8) is 0 Å². The van der Waals surface area contributed by atoms with Crippen LogP contribution in [-0.4, -0.2) is 46.2 Å². The zero-order chi connectivity index (χ0) is 9.68. The first kappa shape index (κ1) is 11.9. The molecule has 0 aliphatic carbocycles. The van der Waals surface area contributed by atoms with Gasteiger partial charge in [0.25, 0.3) is 0 Å². The van der Waals surface area contributed by atoms with Crippen molar-refractivity contribution in [3.05, 3.63) is 0 Å². The van der Waals surface area contributed by atoms with Crippen molar-refractivity contribution >= 4 is 31.9 Å². The summed E-state index contributed by atoms with van der Waals surface area (Å²) in [5.74, 6) is 0. The Labute approximate surface area is 95.6 Å². The average molecular weight is 317 g/mol. The molecule has 1 unspecified atom stereocenters. The molecular weight excluding hydrogens is 302 g/mol. The minimum atomic E-state index is 0.322. The highest BCUT2D eigenvalue weighted by Crippen LogP contribution is 2.14. The summed E-state index contributed by atoms with van der Waals surface area (Å²) in [5.41, 5.74) is 0. The van der Waals surface area contributed by atoms with E-state index in [1.54, 1.807) is 0 Å². The standard InChI is InChI=1S/C8H15Br2NO2/c9-5-7(10)6-13-8-1-3-11(12)4-2-8/h7-8,12H,1-6H2. The van der Waals surface area contributed by atoms with Gasteiger partial charge < -0.3 is 9.94 Å². The van der Waals surface area contributed by atoms with E-state index in [2.05, 4.69) is 31.9 Å². The summed E-state index contributed by atoms with van der Waals surface area (Å²) in [5, 5.41) is 11.4. The van der Waals surface area contributed by atoms with E-state index in [9.17, 15) is 0 Å². The highest BCUT2D eigenvalue weighted by molar-refractivity contribution is 9.12. The third kappa shape index (κ3) is 4.74. The number of hydroxylamine groups is 2. The van der Waals surface area contributed by atoms with E-state index in [4.69, 9.17) is 9.94 Å². The molecule has 1 N–H and O–H groups in total. The average Bonchev–Trinajstić information content (AvgIpc) is 2.16. The Morgan fingerprint density at radius 2 is 2.08 bits per heavy atom. The molecule has 1 atom stereocenters. The fourth-order valence-corrected chi connectivity index (χ4v) is 1.63. The molecule has 0 bridgehead atoms. The number of nitrogens with zero attached hydrogens (tertiary/aromatic N) is 1. The number of rotatable bonds is 4. The maximum atomic E-state index is 9.11. The van der Waals surface area contributed by atoms with Crippen molar-refractivity contribution < 1.29 is 9.94 Å². The molecule has 0 aromatic heterocycles. The first-order chi connectivity index (χ1) is 6.22. The summed E-state index contributed by atoms with van der Waals surface area (Å²) < 4.78 is 5.67. The Hall–Kier alpha value is 0.840. The number of ether oxygens (including phenoxy) is 1. The van der Waals surface area contributed by atoms with Crippen molar-refractivity contribution in [3.8, 4) is 0 Å². The van der Waals surface area contributed by atoms with Crippen LogP contribution in [0, 0.1) is 0 Å². The Bertz CT molecular complexity index is 140. The molecule has 0 aromatic carbocycles. The monoisotopic (exact) mass is 315 g/mol. The van der Waals surface area contributed by atoms with Crippen LogP contribution in [0.4, 0.5) is 0 Å². The van der Waals surface area contributed by atoms with Gasteiger partial charge in [0.2, 0.25) is 0 Å². The molecule has 1 aliphatic rings. The van der Waals surface area contributed by atoms with E-state index >= 15 is 0 Å². The van der Waals surface area contributed by atoms with Crippen LogP contribution < -0.4 is 0 Å². The van der Waals surface area contributed by atoms with E-state index in [1.807, 2.05) is 0 Å². The zero-order valence-corrected chi connectivity index (χ0v) is 10.6. The lowest BCUT2D eigenvalue weighted by atomic mass is 10.1. The van der Waals surface area contributed by atoms with Gasteiger partial charge in [-0.05, 0) is 12.8 Å². The third-order valence-electron chi connectivity index (χ3n) is 2.10. The van der Waals surface area contributed by atoms with Crippen LogP contribution in [0.2, 0.25) is 0 Å². The summed E-state index contributed by atoms with van der Waals surface area (Å²) in [7, 11) is 0. The first-order valence-corrected chi connectivity index (χ1v) is 6.51. The highest BCUT2D eigenvalue weighted by atomic mass is 79.9. The number of hydrogen-bond donors (Lipinski definition) is 1. The second-order valence-electron chi connectivity index (χ2n) is 3.24. The van der Waals surface area contributed by atoms with Gasteiger partial charge in [0.1, 0.15) is 0 Å². The second kappa shape index (κ2) is 6.35. The molecule has 13 heavy (non-hydrogen) atoms. The molecule has 0 aromatic rings.